The first-order valence-corrected chi connectivity index (χ1v) is 7.15. The third-order valence-electron chi connectivity index (χ3n) is 3.13. The number of carbonyl (C=O) groups is 1. The lowest BCUT2D eigenvalue weighted by atomic mass is 10.1. The van der Waals surface area contributed by atoms with Crippen LogP contribution in [0.1, 0.15) is 29.3 Å². The lowest BCUT2D eigenvalue weighted by Crippen LogP contribution is -2.25. The summed E-state index contributed by atoms with van der Waals surface area (Å²) in [5.74, 6) is 0.262. The van der Waals surface area contributed by atoms with Gasteiger partial charge in [-0.25, -0.2) is 4.79 Å². The Morgan fingerprint density at radius 3 is 2.64 bits per heavy atom. The molecule has 116 valence electrons. The molecule has 2 rings (SSSR count). The number of pyridine rings is 1. The zero-order valence-electron chi connectivity index (χ0n) is 13.0. The maximum Gasteiger partial charge on any atom is 0.337 e. The molecule has 1 aromatic heterocycles. The second kappa shape index (κ2) is 7.45. The van der Waals surface area contributed by atoms with E-state index in [2.05, 4.69) is 10.3 Å². The van der Waals surface area contributed by atoms with E-state index in [-0.39, 0.29) is 12.2 Å². The van der Waals surface area contributed by atoms with Crippen molar-refractivity contribution >= 4 is 11.7 Å². The van der Waals surface area contributed by atoms with Crippen LogP contribution in [0.25, 0.3) is 0 Å². The molecule has 0 saturated heterocycles. The minimum absolute atomic E-state index is 0.199. The van der Waals surface area contributed by atoms with E-state index in [9.17, 15) is 4.79 Å². The van der Waals surface area contributed by atoms with Crippen molar-refractivity contribution in [2.24, 2.45) is 0 Å². The van der Waals surface area contributed by atoms with Crippen LogP contribution in [0, 0.1) is 6.92 Å². The third-order valence-corrected chi connectivity index (χ3v) is 3.13. The molecule has 1 unspecified atom stereocenters. The summed E-state index contributed by atoms with van der Waals surface area (Å²) in [6.45, 7) is 3.94. The normalized spacial score (nSPS) is 11.6. The van der Waals surface area contributed by atoms with Crippen molar-refractivity contribution in [1.82, 2.24) is 4.98 Å². The second-order valence-electron chi connectivity index (χ2n) is 4.92. The Kier molecular flexibility index (Phi) is 5.36. The molecule has 0 aliphatic rings. The number of hydrogen-bond acceptors (Lipinski definition) is 5. The number of esters is 1. The number of hydrogen-bond donors (Lipinski definition) is 1. The molecular formula is C17H20N2O3. The maximum atomic E-state index is 11.7. The van der Waals surface area contributed by atoms with E-state index in [1.54, 1.807) is 24.5 Å². The third kappa shape index (κ3) is 4.22. The smallest absolute Gasteiger partial charge is 0.337 e. The van der Waals surface area contributed by atoms with Crippen molar-refractivity contribution in [1.29, 1.82) is 0 Å². The summed E-state index contributed by atoms with van der Waals surface area (Å²) in [5, 5.41) is 3.28. The van der Waals surface area contributed by atoms with E-state index in [1.165, 1.54) is 7.11 Å². The summed E-state index contributed by atoms with van der Waals surface area (Å²) in [6.07, 6.45) is 4.01. The van der Waals surface area contributed by atoms with Gasteiger partial charge in [0, 0.05) is 24.5 Å². The number of methoxy groups -OCH3 is 1. The quantitative estimate of drug-likeness (QED) is 0.654. The van der Waals surface area contributed by atoms with Gasteiger partial charge in [-0.05, 0) is 42.8 Å². The van der Waals surface area contributed by atoms with Gasteiger partial charge in [-0.3, -0.25) is 4.98 Å². The molecular weight excluding hydrogens is 280 g/mol. The Morgan fingerprint density at radius 2 is 2.00 bits per heavy atom. The fourth-order valence-corrected chi connectivity index (χ4v) is 2.06. The van der Waals surface area contributed by atoms with Gasteiger partial charge in [0.1, 0.15) is 5.75 Å². The lowest BCUT2D eigenvalue weighted by molar-refractivity contribution is 0.0600. The zero-order chi connectivity index (χ0) is 15.9. The van der Waals surface area contributed by atoms with Crippen LogP contribution in [0.4, 0.5) is 5.69 Å². The number of rotatable bonds is 6. The SMILES string of the molecule is CCC(Nc1ccncc1)Oc1cc(C)cc(C(=O)OC)c1. The van der Waals surface area contributed by atoms with Crippen LogP contribution >= 0.6 is 0 Å². The number of aromatic nitrogens is 1. The number of ether oxygens (including phenoxy) is 2. The molecule has 0 aliphatic carbocycles. The molecule has 5 heteroatoms. The average Bonchev–Trinajstić information content (AvgIpc) is 2.53. The van der Waals surface area contributed by atoms with Crippen LogP contribution in [0.5, 0.6) is 5.75 Å². The van der Waals surface area contributed by atoms with Crippen molar-refractivity contribution in [3.63, 3.8) is 0 Å². The molecule has 1 aromatic carbocycles. The second-order valence-corrected chi connectivity index (χ2v) is 4.92. The summed E-state index contributed by atoms with van der Waals surface area (Å²) in [5.41, 5.74) is 2.36. The molecule has 5 nitrogen and oxygen atoms in total. The van der Waals surface area contributed by atoms with Crippen molar-refractivity contribution < 1.29 is 14.3 Å². The van der Waals surface area contributed by atoms with E-state index < -0.39 is 0 Å². The highest BCUT2D eigenvalue weighted by atomic mass is 16.5. The van der Waals surface area contributed by atoms with E-state index in [0.29, 0.717) is 11.3 Å². The molecule has 1 N–H and O–H groups in total. The van der Waals surface area contributed by atoms with E-state index in [1.807, 2.05) is 32.0 Å². The first kappa shape index (κ1) is 15.8. The molecule has 0 amide bonds. The van der Waals surface area contributed by atoms with E-state index in [0.717, 1.165) is 17.7 Å². The Balaban J connectivity index is 2.13. The highest BCUT2D eigenvalue weighted by molar-refractivity contribution is 5.90. The largest absolute Gasteiger partial charge is 0.471 e. The minimum atomic E-state index is -0.372. The van der Waals surface area contributed by atoms with Crippen molar-refractivity contribution in [3.05, 3.63) is 53.9 Å². The number of anilines is 1. The van der Waals surface area contributed by atoms with Gasteiger partial charge >= 0.3 is 5.97 Å². The van der Waals surface area contributed by atoms with Crippen LogP contribution in [0.3, 0.4) is 0 Å². The molecule has 1 atom stereocenters. The minimum Gasteiger partial charge on any atom is -0.471 e. The Bertz CT molecular complexity index is 629. The van der Waals surface area contributed by atoms with Gasteiger partial charge in [0.15, 0.2) is 6.23 Å². The number of aryl methyl sites for hydroxylation is 1. The topological polar surface area (TPSA) is 60.5 Å². The van der Waals surface area contributed by atoms with Gasteiger partial charge in [-0.15, -0.1) is 0 Å². The van der Waals surface area contributed by atoms with Gasteiger partial charge in [-0.1, -0.05) is 6.92 Å². The highest BCUT2D eigenvalue weighted by Crippen LogP contribution is 2.20. The first-order valence-electron chi connectivity index (χ1n) is 7.15. The number of carbonyl (C=O) groups excluding carboxylic acids is 1. The zero-order valence-corrected chi connectivity index (χ0v) is 13.0. The number of benzene rings is 1. The van der Waals surface area contributed by atoms with Crippen LogP contribution in [-0.2, 0) is 4.74 Å². The number of nitrogens with zero attached hydrogens (tertiary/aromatic N) is 1. The summed E-state index contributed by atoms with van der Waals surface area (Å²) < 4.78 is 10.7. The summed E-state index contributed by atoms with van der Waals surface area (Å²) in [6, 6.07) is 9.11. The van der Waals surface area contributed by atoms with Gasteiger partial charge in [0.05, 0.1) is 12.7 Å². The van der Waals surface area contributed by atoms with Crippen molar-refractivity contribution in [2.45, 2.75) is 26.5 Å². The molecule has 2 aromatic rings. The fourth-order valence-electron chi connectivity index (χ4n) is 2.06. The van der Waals surface area contributed by atoms with Gasteiger partial charge in [0.25, 0.3) is 0 Å². The standard InChI is InChI=1S/C17H20N2O3/c1-4-16(19-14-5-7-18-8-6-14)22-15-10-12(2)9-13(11-15)17(20)21-3/h5-11,16H,4H2,1-3H3,(H,18,19). The first-order chi connectivity index (χ1) is 10.6. The lowest BCUT2D eigenvalue weighted by Gasteiger charge is -2.20. The predicted molar refractivity (Wildman–Crippen MR) is 85.1 cm³/mol. The Hall–Kier alpha value is -2.56. The molecule has 0 radical (unpaired) electrons. The van der Waals surface area contributed by atoms with E-state index >= 15 is 0 Å². The van der Waals surface area contributed by atoms with E-state index in [4.69, 9.17) is 9.47 Å². The molecule has 0 bridgehead atoms. The van der Waals surface area contributed by atoms with Gasteiger partial charge < -0.3 is 14.8 Å². The Labute approximate surface area is 130 Å². The molecule has 0 saturated carbocycles. The highest BCUT2D eigenvalue weighted by Gasteiger charge is 2.12. The molecule has 0 fully saturated rings. The van der Waals surface area contributed by atoms with Crippen LogP contribution < -0.4 is 10.1 Å². The summed E-state index contributed by atoms with van der Waals surface area (Å²) in [4.78, 5) is 15.6. The van der Waals surface area contributed by atoms with Crippen LogP contribution in [0.15, 0.2) is 42.7 Å². The molecule has 0 aliphatic heterocycles. The Morgan fingerprint density at radius 1 is 1.27 bits per heavy atom. The monoisotopic (exact) mass is 300 g/mol. The van der Waals surface area contributed by atoms with Gasteiger partial charge in [0.2, 0.25) is 0 Å². The molecule has 0 spiro atoms. The summed E-state index contributed by atoms with van der Waals surface area (Å²) >= 11 is 0. The van der Waals surface area contributed by atoms with Crippen molar-refractivity contribution in [3.8, 4) is 5.75 Å². The molecule has 1 heterocycles. The fraction of sp³-hybridized carbons (Fsp3) is 0.294. The maximum absolute atomic E-state index is 11.7. The molecule has 22 heavy (non-hydrogen) atoms. The van der Waals surface area contributed by atoms with Gasteiger partial charge in [-0.2, -0.15) is 0 Å². The summed E-state index contributed by atoms with van der Waals surface area (Å²) in [7, 11) is 1.37. The van der Waals surface area contributed by atoms with Crippen molar-refractivity contribution in [2.75, 3.05) is 12.4 Å². The predicted octanol–water partition coefficient (Wildman–Crippen LogP) is 3.40. The van der Waals surface area contributed by atoms with Crippen LogP contribution in [-0.4, -0.2) is 24.3 Å². The van der Waals surface area contributed by atoms with Crippen LogP contribution in [0.2, 0.25) is 0 Å². The number of nitrogens with one attached hydrogen (secondary N) is 1. The average molecular weight is 300 g/mol.